The fraction of sp³-hybridized carbons (Fsp3) is 0.200. The van der Waals surface area contributed by atoms with E-state index in [2.05, 4.69) is 0 Å². The van der Waals surface area contributed by atoms with Crippen LogP contribution in [0.1, 0.15) is 49.9 Å². The molecular formula is C25H25O3P. The quantitative estimate of drug-likeness (QED) is 0.372. The van der Waals surface area contributed by atoms with Gasteiger partial charge in [-0.25, -0.2) is 0 Å². The summed E-state index contributed by atoms with van der Waals surface area (Å²) in [5.41, 5.74) is 4.25. The van der Waals surface area contributed by atoms with Crippen molar-refractivity contribution in [2.24, 2.45) is 0 Å². The van der Waals surface area contributed by atoms with E-state index in [1.807, 2.05) is 82.3 Å². The van der Waals surface area contributed by atoms with E-state index >= 15 is 0 Å². The molecule has 0 fully saturated rings. The summed E-state index contributed by atoms with van der Waals surface area (Å²) in [4.78, 5) is 26.8. The Labute approximate surface area is 173 Å². The van der Waals surface area contributed by atoms with Crippen LogP contribution in [0.2, 0.25) is 0 Å². The zero-order chi connectivity index (χ0) is 21.0. The normalized spacial score (nSPS) is 11.9. The minimum Gasteiger partial charge on any atom is -0.347 e. The Morgan fingerprint density at radius 1 is 0.828 bits per heavy atom. The summed E-state index contributed by atoms with van der Waals surface area (Å²) in [6.45, 7) is 8.06. The lowest BCUT2D eigenvalue weighted by Gasteiger charge is -2.21. The topological polar surface area (TPSA) is 43.4 Å². The smallest absolute Gasteiger partial charge is 0.216 e. The van der Waals surface area contributed by atoms with Crippen LogP contribution in [-0.4, -0.2) is 17.9 Å². The van der Waals surface area contributed by atoms with Gasteiger partial charge in [-0.05, 0) is 44.4 Å². The van der Waals surface area contributed by atoms with Crippen LogP contribution in [0.15, 0.2) is 66.7 Å². The molecule has 0 unspecified atom stereocenters. The van der Waals surface area contributed by atoms with E-state index < -0.39 is 8.15 Å². The Morgan fingerprint density at radius 3 is 1.97 bits per heavy atom. The molecule has 0 N–H and O–H groups in total. The number of hydrogen-bond acceptors (Lipinski definition) is 3. The van der Waals surface area contributed by atoms with Crippen molar-refractivity contribution in [2.75, 3.05) is 6.61 Å². The molecular weight excluding hydrogens is 379 g/mol. The maximum Gasteiger partial charge on any atom is 0.216 e. The molecule has 4 heteroatoms. The third kappa shape index (κ3) is 4.37. The van der Waals surface area contributed by atoms with Gasteiger partial charge in [-0.1, -0.05) is 66.7 Å². The molecule has 148 valence electrons. The lowest BCUT2D eigenvalue weighted by atomic mass is 9.89. The van der Waals surface area contributed by atoms with Gasteiger partial charge >= 0.3 is 0 Å². The zero-order valence-electron chi connectivity index (χ0n) is 17.2. The average Bonchev–Trinajstić information content (AvgIpc) is 2.72. The number of carbonyl (C=O) groups excluding carboxylic acids is 2. The van der Waals surface area contributed by atoms with Crippen LogP contribution < -0.4 is 5.30 Å². The fourth-order valence-electron chi connectivity index (χ4n) is 3.64. The molecule has 0 spiro atoms. The molecule has 0 aromatic heterocycles. The van der Waals surface area contributed by atoms with Gasteiger partial charge < -0.3 is 4.52 Å². The lowest BCUT2D eigenvalue weighted by Crippen LogP contribution is -2.16. The highest BCUT2D eigenvalue weighted by Crippen LogP contribution is 2.42. The minimum atomic E-state index is -1.47. The van der Waals surface area contributed by atoms with Crippen molar-refractivity contribution >= 4 is 24.8 Å². The molecule has 3 aromatic rings. The van der Waals surface area contributed by atoms with Gasteiger partial charge in [0.2, 0.25) is 5.52 Å². The van der Waals surface area contributed by atoms with Gasteiger partial charge in [0.25, 0.3) is 0 Å². The Hall–Kier alpha value is -2.61. The summed E-state index contributed by atoms with van der Waals surface area (Å²) in [6.07, 6.45) is 0. The van der Waals surface area contributed by atoms with Crippen LogP contribution in [0.4, 0.5) is 0 Å². The fourth-order valence-corrected chi connectivity index (χ4v) is 5.39. The van der Waals surface area contributed by atoms with Crippen LogP contribution >= 0.6 is 8.15 Å². The maximum atomic E-state index is 13.6. The van der Waals surface area contributed by atoms with Gasteiger partial charge in [-0.15, -0.1) is 0 Å². The molecule has 0 bridgehead atoms. The largest absolute Gasteiger partial charge is 0.347 e. The highest BCUT2D eigenvalue weighted by atomic mass is 31.1. The SMILES string of the molecule is CCO[P@](C(=O)c1c(C)cc(C)c(C(=O)c2ccccc2)c1C)c1ccccc1. The first-order valence-electron chi connectivity index (χ1n) is 9.68. The second-order valence-corrected chi connectivity index (χ2v) is 8.70. The van der Waals surface area contributed by atoms with E-state index in [-0.39, 0.29) is 11.3 Å². The van der Waals surface area contributed by atoms with Crippen molar-refractivity contribution in [2.45, 2.75) is 27.7 Å². The van der Waals surface area contributed by atoms with Crippen molar-refractivity contribution < 1.29 is 14.1 Å². The Kier molecular flexibility index (Phi) is 6.74. The van der Waals surface area contributed by atoms with E-state index in [1.54, 1.807) is 12.1 Å². The highest BCUT2D eigenvalue weighted by Gasteiger charge is 2.28. The van der Waals surface area contributed by atoms with Crippen LogP contribution in [0.3, 0.4) is 0 Å². The predicted molar refractivity (Wildman–Crippen MR) is 119 cm³/mol. The standard InChI is InChI=1S/C25H25O3P/c1-5-28-29(21-14-10-7-11-15-21)25(27)23-18(3)16-17(2)22(19(23)4)24(26)20-12-8-6-9-13-20/h6-16H,5H2,1-4H3/t29-/m0/s1. The van der Waals surface area contributed by atoms with Gasteiger partial charge in [0.15, 0.2) is 5.78 Å². The monoisotopic (exact) mass is 404 g/mol. The molecule has 3 rings (SSSR count). The van der Waals surface area contributed by atoms with Gasteiger partial charge in [0.05, 0.1) is 0 Å². The van der Waals surface area contributed by atoms with Gasteiger partial charge in [-0.2, -0.15) is 0 Å². The number of ketones is 1. The Bertz CT molecular complexity index is 1030. The third-order valence-electron chi connectivity index (χ3n) is 4.88. The van der Waals surface area contributed by atoms with Gasteiger partial charge in [0.1, 0.15) is 8.15 Å². The average molecular weight is 404 g/mol. The molecule has 1 atom stereocenters. The van der Waals surface area contributed by atoms with Crippen LogP contribution in [0.5, 0.6) is 0 Å². The van der Waals surface area contributed by atoms with E-state index in [0.29, 0.717) is 23.3 Å². The Morgan fingerprint density at radius 2 is 1.38 bits per heavy atom. The predicted octanol–water partition coefficient (Wildman–Crippen LogP) is 5.74. The van der Waals surface area contributed by atoms with Crippen molar-refractivity contribution in [1.29, 1.82) is 0 Å². The van der Waals surface area contributed by atoms with E-state index in [0.717, 1.165) is 22.0 Å². The highest BCUT2D eigenvalue weighted by molar-refractivity contribution is 7.78. The first kappa shape index (κ1) is 21.1. The summed E-state index contributed by atoms with van der Waals surface area (Å²) < 4.78 is 5.90. The van der Waals surface area contributed by atoms with Crippen LogP contribution in [0, 0.1) is 20.8 Å². The lowest BCUT2D eigenvalue weighted by molar-refractivity contribution is 0.103. The first-order chi connectivity index (χ1) is 14.0. The molecule has 3 nitrogen and oxygen atoms in total. The second-order valence-electron chi connectivity index (χ2n) is 6.93. The number of rotatable bonds is 7. The second kappa shape index (κ2) is 9.26. The molecule has 0 saturated heterocycles. The minimum absolute atomic E-state index is 0.0508. The van der Waals surface area contributed by atoms with Crippen LogP contribution in [-0.2, 0) is 4.52 Å². The molecule has 0 radical (unpaired) electrons. The van der Waals surface area contributed by atoms with Gasteiger partial charge in [-0.3, -0.25) is 9.59 Å². The molecule has 0 aliphatic carbocycles. The molecule has 0 amide bonds. The van der Waals surface area contributed by atoms with Crippen molar-refractivity contribution in [3.63, 3.8) is 0 Å². The van der Waals surface area contributed by atoms with E-state index in [4.69, 9.17) is 4.52 Å². The molecule has 29 heavy (non-hydrogen) atoms. The summed E-state index contributed by atoms with van der Waals surface area (Å²) >= 11 is 0. The Balaban J connectivity index is 2.12. The van der Waals surface area contributed by atoms with Crippen molar-refractivity contribution in [3.05, 3.63) is 100 Å². The summed E-state index contributed by atoms with van der Waals surface area (Å²) in [5.74, 6) is -0.0601. The summed E-state index contributed by atoms with van der Waals surface area (Å²) in [5, 5.41) is 0.879. The van der Waals surface area contributed by atoms with Gasteiger partial charge in [0, 0.05) is 28.6 Å². The zero-order valence-corrected chi connectivity index (χ0v) is 18.1. The number of carbonyl (C=O) groups is 2. The molecule has 0 heterocycles. The molecule has 0 aliphatic heterocycles. The van der Waals surface area contributed by atoms with Crippen molar-refractivity contribution in [3.8, 4) is 0 Å². The first-order valence-corrected chi connectivity index (χ1v) is 10.9. The number of aryl methyl sites for hydroxylation is 2. The maximum absolute atomic E-state index is 13.6. The van der Waals surface area contributed by atoms with E-state index in [9.17, 15) is 9.59 Å². The number of hydrogen-bond donors (Lipinski definition) is 0. The van der Waals surface area contributed by atoms with Crippen LogP contribution in [0.25, 0.3) is 0 Å². The summed E-state index contributed by atoms with van der Waals surface area (Å²) in [7, 11) is -1.47. The third-order valence-corrected chi connectivity index (χ3v) is 6.76. The molecule has 3 aromatic carbocycles. The van der Waals surface area contributed by atoms with Crippen molar-refractivity contribution in [1.82, 2.24) is 0 Å². The van der Waals surface area contributed by atoms with E-state index in [1.165, 1.54) is 0 Å². The summed E-state index contributed by atoms with van der Waals surface area (Å²) in [6, 6.07) is 20.7. The number of benzene rings is 3. The molecule has 0 saturated carbocycles. The molecule has 0 aliphatic rings.